The molecule has 0 aliphatic heterocycles. The third kappa shape index (κ3) is 2.40. The van der Waals surface area contributed by atoms with E-state index in [-0.39, 0.29) is 0 Å². The van der Waals surface area contributed by atoms with Crippen LogP contribution in [0.3, 0.4) is 0 Å². The van der Waals surface area contributed by atoms with Crippen LogP contribution in [0.5, 0.6) is 5.75 Å². The first kappa shape index (κ1) is 13.5. The molecule has 1 N–H and O–H groups in total. The molecule has 0 saturated heterocycles. The van der Waals surface area contributed by atoms with Crippen molar-refractivity contribution < 1.29 is 4.74 Å². The number of nitrogens with one attached hydrogen (secondary N) is 1. The monoisotopic (exact) mass is 327 g/mol. The summed E-state index contributed by atoms with van der Waals surface area (Å²) >= 11 is 3.26. The molecule has 0 saturated carbocycles. The predicted molar refractivity (Wildman–Crippen MR) is 93.8 cm³/mol. The van der Waals surface area contributed by atoms with Crippen molar-refractivity contribution in [3.63, 3.8) is 0 Å². The number of hydrogen-bond donors (Lipinski definition) is 1. The van der Waals surface area contributed by atoms with E-state index in [1.54, 1.807) is 29.8 Å². The van der Waals surface area contributed by atoms with Gasteiger partial charge in [-0.1, -0.05) is 28.7 Å². The predicted octanol–water partition coefficient (Wildman–Crippen LogP) is 4.97. The van der Waals surface area contributed by atoms with E-state index in [9.17, 15) is 0 Å². The van der Waals surface area contributed by atoms with Crippen molar-refractivity contribution in [1.29, 1.82) is 0 Å². The highest BCUT2D eigenvalue weighted by atomic mass is 32.1. The van der Waals surface area contributed by atoms with Crippen LogP contribution >= 0.6 is 22.7 Å². The average molecular weight is 327 g/mol. The van der Waals surface area contributed by atoms with Gasteiger partial charge in [-0.05, 0) is 36.8 Å². The van der Waals surface area contributed by atoms with Crippen LogP contribution in [0.25, 0.3) is 20.4 Å². The molecule has 0 amide bonds. The van der Waals surface area contributed by atoms with Gasteiger partial charge >= 0.3 is 0 Å². The maximum Gasteiger partial charge on any atom is 0.190 e. The summed E-state index contributed by atoms with van der Waals surface area (Å²) in [5.74, 6) is 0.819. The Hall–Kier alpha value is -2.18. The highest BCUT2D eigenvalue weighted by Gasteiger charge is 2.08. The van der Waals surface area contributed by atoms with Gasteiger partial charge < -0.3 is 10.1 Å². The van der Waals surface area contributed by atoms with Crippen molar-refractivity contribution in [2.75, 3.05) is 12.4 Å². The summed E-state index contributed by atoms with van der Waals surface area (Å²) in [4.78, 5) is 9.20. The van der Waals surface area contributed by atoms with E-state index in [1.165, 1.54) is 10.3 Å². The second-order valence-electron chi connectivity index (χ2n) is 4.97. The molecule has 6 heteroatoms. The quantitative estimate of drug-likeness (QED) is 0.577. The molecule has 0 aliphatic carbocycles. The fraction of sp³-hybridized carbons (Fsp3) is 0.125. The van der Waals surface area contributed by atoms with Crippen LogP contribution in [0.1, 0.15) is 5.56 Å². The van der Waals surface area contributed by atoms with Gasteiger partial charge in [-0.3, -0.25) is 0 Å². The number of ether oxygens (including phenoxy) is 1. The summed E-state index contributed by atoms with van der Waals surface area (Å²) in [6.45, 7) is 2.09. The molecule has 4 nitrogen and oxygen atoms in total. The fourth-order valence-corrected chi connectivity index (χ4v) is 4.14. The molecule has 110 valence electrons. The minimum Gasteiger partial charge on any atom is -0.497 e. The minimum atomic E-state index is 0.819. The van der Waals surface area contributed by atoms with Gasteiger partial charge in [0.25, 0.3) is 0 Å². The molecule has 2 aromatic carbocycles. The van der Waals surface area contributed by atoms with E-state index in [4.69, 9.17) is 4.74 Å². The van der Waals surface area contributed by atoms with E-state index < -0.39 is 0 Å². The standard InChI is InChI=1S/C16H13N3OS2/c1-9-3-5-11-14(7-9)22-15(17-11)19-16-18-12-8-10(20-2)4-6-13(12)21-16/h3-8H,1-2H3,(H,17,18,19). The van der Waals surface area contributed by atoms with E-state index >= 15 is 0 Å². The summed E-state index contributed by atoms with van der Waals surface area (Å²) in [6, 6.07) is 12.2. The Labute approximate surface area is 135 Å². The molecule has 0 unspecified atom stereocenters. The van der Waals surface area contributed by atoms with Crippen LogP contribution in [0.2, 0.25) is 0 Å². The van der Waals surface area contributed by atoms with Gasteiger partial charge in [0.1, 0.15) is 5.75 Å². The van der Waals surface area contributed by atoms with Gasteiger partial charge in [-0.2, -0.15) is 0 Å². The van der Waals surface area contributed by atoms with E-state index in [0.29, 0.717) is 0 Å². The third-order valence-electron chi connectivity index (χ3n) is 3.35. The van der Waals surface area contributed by atoms with Gasteiger partial charge in [-0.15, -0.1) is 0 Å². The molecule has 0 radical (unpaired) electrons. The summed E-state index contributed by atoms with van der Waals surface area (Å²) in [5, 5.41) is 5.03. The van der Waals surface area contributed by atoms with Crippen LogP contribution in [0.15, 0.2) is 36.4 Å². The minimum absolute atomic E-state index is 0.819. The third-order valence-corrected chi connectivity index (χ3v) is 5.24. The van der Waals surface area contributed by atoms with Crippen LogP contribution in [-0.2, 0) is 0 Å². The first-order valence-corrected chi connectivity index (χ1v) is 8.43. The smallest absolute Gasteiger partial charge is 0.190 e. The van der Waals surface area contributed by atoms with Crippen LogP contribution in [-0.4, -0.2) is 17.1 Å². The second-order valence-corrected chi connectivity index (χ2v) is 7.03. The number of methoxy groups -OCH3 is 1. The first-order chi connectivity index (χ1) is 10.7. The second kappa shape index (κ2) is 5.23. The summed E-state index contributed by atoms with van der Waals surface area (Å²) < 4.78 is 7.55. The molecule has 0 aliphatic rings. The van der Waals surface area contributed by atoms with Gasteiger partial charge in [-0.25, -0.2) is 9.97 Å². The van der Waals surface area contributed by atoms with Crippen molar-refractivity contribution in [3.8, 4) is 5.75 Å². The molecule has 4 rings (SSSR count). The summed E-state index contributed by atoms with van der Waals surface area (Å²) in [5.41, 5.74) is 3.19. The lowest BCUT2D eigenvalue weighted by molar-refractivity contribution is 0.415. The Morgan fingerprint density at radius 2 is 1.68 bits per heavy atom. The number of benzene rings is 2. The first-order valence-electron chi connectivity index (χ1n) is 6.80. The number of rotatable bonds is 3. The lowest BCUT2D eigenvalue weighted by atomic mass is 10.2. The highest BCUT2D eigenvalue weighted by Crippen LogP contribution is 2.33. The van der Waals surface area contributed by atoms with Crippen molar-refractivity contribution in [2.45, 2.75) is 6.92 Å². The van der Waals surface area contributed by atoms with E-state index in [0.717, 1.165) is 31.7 Å². The normalized spacial score (nSPS) is 11.2. The fourth-order valence-electron chi connectivity index (χ4n) is 2.26. The largest absolute Gasteiger partial charge is 0.497 e. The Kier molecular flexibility index (Phi) is 3.20. The molecule has 0 fully saturated rings. The van der Waals surface area contributed by atoms with Crippen molar-refractivity contribution >= 4 is 53.4 Å². The number of anilines is 2. The Bertz CT molecular complexity index is 974. The SMILES string of the molecule is COc1ccc2sc(Nc3nc4ccc(C)cc4s3)nc2c1. The van der Waals surface area contributed by atoms with Gasteiger partial charge in [0.15, 0.2) is 10.3 Å². The zero-order valence-corrected chi connectivity index (χ0v) is 13.7. The lowest BCUT2D eigenvalue weighted by Crippen LogP contribution is -1.87. The lowest BCUT2D eigenvalue weighted by Gasteiger charge is -1.96. The van der Waals surface area contributed by atoms with Gasteiger partial charge in [0, 0.05) is 6.07 Å². The molecule has 0 atom stereocenters. The van der Waals surface area contributed by atoms with Crippen molar-refractivity contribution in [3.05, 3.63) is 42.0 Å². The Balaban J connectivity index is 1.69. The molecule has 2 heterocycles. The number of nitrogens with zero attached hydrogens (tertiary/aromatic N) is 2. The summed E-state index contributed by atoms with van der Waals surface area (Å²) in [6.07, 6.45) is 0. The Morgan fingerprint density at radius 1 is 0.909 bits per heavy atom. The topological polar surface area (TPSA) is 47.0 Å². The van der Waals surface area contributed by atoms with E-state index in [1.807, 2.05) is 18.2 Å². The highest BCUT2D eigenvalue weighted by molar-refractivity contribution is 7.24. The number of hydrogen-bond acceptors (Lipinski definition) is 6. The van der Waals surface area contributed by atoms with Crippen LogP contribution in [0, 0.1) is 6.92 Å². The van der Waals surface area contributed by atoms with Crippen molar-refractivity contribution in [1.82, 2.24) is 9.97 Å². The maximum atomic E-state index is 5.23. The van der Waals surface area contributed by atoms with E-state index in [2.05, 4.69) is 40.4 Å². The number of aromatic nitrogens is 2. The summed E-state index contributed by atoms with van der Waals surface area (Å²) in [7, 11) is 1.66. The van der Waals surface area contributed by atoms with Crippen LogP contribution < -0.4 is 10.1 Å². The van der Waals surface area contributed by atoms with Gasteiger partial charge in [0.05, 0.1) is 27.5 Å². The van der Waals surface area contributed by atoms with Crippen molar-refractivity contribution in [2.24, 2.45) is 0 Å². The molecule has 2 aromatic heterocycles. The average Bonchev–Trinajstić information content (AvgIpc) is 3.08. The van der Waals surface area contributed by atoms with Gasteiger partial charge in [0.2, 0.25) is 0 Å². The molecule has 0 spiro atoms. The van der Waals surface area contributed by atoms with Crippen LogP contribution in [0.4, 0.5) is 10.3 Å². The zero-order valence-electron chi connectivity index (χ0n) is 12.1. The number of aryl methyl sites for hydroxylation is 1. The Morgan fingerprint density at radius 3 is 2.50 bits per heavy atom. The molecule has 22 heavy (non-hydrogen) atoms. The molecular formula is C16H13N3OS2. The molecule has 4 aromatic rings. The zero-order chi connectivity index (χ0) is 15.1. The molecule has 0 bridgehead atoms. The maximum absolute atomic E-state index is 5.23. The number of fused-ring (bicyclic) bond motifs is 2. The molecular weight excluding hydrogens is 314 g/mol. The number of thiazole rings is 2.